The highest BCUT2D eigenvalue weighted by Crippen LogP contribution is 2.01. The van der Waals surface area contributed by atoms with E-state index in [9.17, 15) is 0 Å². The topological polar surface area (TPSA) is 20.2 Å². The summed E-state index contributed by atoms with van der Waals surface area (Å²) >= 11 is 0. The van der Waals surface area contributed by atoms with Crippen molar-refractivity contribution < 1.29 is 5.11 Å². The van der Waals surface area contributed by atoms with Crippen LogP contribution < -0.4 is 0 Å². The zero-order valence-electron chi connectivity index (χ0n) is 7.25. The molecule has 13 heavy (non-hydrogen) atoms. The second-order valence-electron chi connectivity index (χ2n) is 2.50. The molecule has 1 aromatic rings. The van der Waals surface area contributed by atoms with Crippen molar-refractivity contribution in [1.82, 2.24) is 0 Å². The Morgan fingerprint density at radius 3 is 2.77 bits per heavy atom. The highest BCUT2D eigenvalue weighted by atomic mass is 16.2. The summed E-state index contributed by atoms with van der Waals surface area (Å²) in [5.41, 5.74) is 1.72. The van der Waals surface area contributed by atoms with E-state index in [0.717, 1.165) is 11.1 Å². The Morgan fingerprint density at radius 2 is 2.08 bits per heavy atom. The lowest BCUT2D eigenvalue weighted by molar-refractivity contribution is 0.305. The van der Waals surface area contributed by atoms with Crippen molar-refractivity contribution in [3.63, 3.8) is 0 Å². The lowest BCUT2D eigenvalue weighted by Gasteiger charge is -1.91. The quantitative estimate of drug-likeness (QED) is 0.632. The minimum atomic E-state index is 0.0990. The second-order valence-corrected chi connectivity index (χ2v) is 2.50. The fourth-order valence-electron chi connectivity index (χ4n) is 0.907. The van der Waals surface area contributed by atoms with Gasteiger partial charge in [0.1, 0.15) is 0 Å². The number of rotatable bonds is 1. The molecule has 0 radical (unpaired) electrons. The van der Waals surface area contributed by atoms with E-state index >= 15 is 0 Å². The van der Waals surface area contributed by atoms with Crippen LogP contribution in [0.4, 0.5) is 0 Å². The first-order valence-corrected chi connectivity index (χ1v) is 4.03. The molecule has 64 valence electrons. The SMILES string of the molecule is C#Cc1cccc(C#CCCO)c1. The summed E-state index contributed by atoms with van der Waals surface area (Å²) < 4.78 is 0. The molecule has 0 bridgehead atoms. The van der Waals surface area contributed by atoms with Crippen molar-refractivity contribution >= 4 is 0 Å². The van der Waals surface area contributed by atoms with Gasteiger partial charge in [-0.25, -0.2) is 0 Å². The monoisotopic (exact) mass is 170 g/mol. The van der Waals surface area contributed by atoms with E-state index < -0.39 is 0 Å². The van der Waals surface area contributed by atoms with E-state index in [0.29, 0.717) is 6.42 Å². The lowest BCUT2D eigenvalue weighted by Crippen LogP contribution is -1.79. The number of hydrogen-bond acceptors (Lipinski definition) is 1. The predicted molar refractivity (Wildman–Crippen MR) is 53.0 cm³/mol. The summed E-state index contributed by atoms with van der Waals surface area (Å²) in [6.45, 7) is 0.0990. The van der Waals surface area contributed by atoms with Crippen molar-refractivity contribution in [3.05, 3.63) is 35.4 Å². The summed E-state index contributed by atoms with van der Waals surface area (Å²) in [6.07, 6.45) is 5.74. The van der Waals surface area contributed by atoms with Gasteiger partial charge >= 0.3 is 0 Å². The standard InChI is InChI=1S/C12H10O/c1-2-11-7-5-8-12(10-11)6-3-4-9-13/h1,5,7-8,10,13H,4,9H2. The third-order valence-electron chi connectivity index (χ3n) is 1.50. The summed E-state index contributed by atoms with van der Waals surface area (Å²) in [5.74, 6) is 8.29. The van der Waals surface area contributed by atoms with Gasteiger partial charge in [0.25, 0.3) is 0 Å². The van der Waals surface area contributed by atoms with Crippen molar-refractivity contribution in [3.8, 4) is 24.2 Å². The van der Waals surface area contributed by atoms with Gasteiger partial charge in [0.05, 0.1) is 6.61 Å². The third-order valence-corrected chi connectivity index (χ3v) is 1.50. The first-order valence-electron chi connectivity index (χ1n) is 4.03. The van der Waals surface area contributed by atoms with Gasteiger partial charge in [0.2, 0.25) is 0 Å². The molecule has 0 aliphatic rings. The summed E-state index contributed by atoms with van der Waals surface area (Å²) in [7, 11) is 0. The summed E-state index contributed by atoms with van der Waals surface area (Å²) in [6, 6.07) is 7.48. The normalized spacial score (nSPS) is 8.31. The molecule has 1 rings (SSSR count). The van der Waals surface area contributed by atoms with Crippen LogP contribution in [0.1, 0.15) is 17.5 Å². The molecule has 1 heteroatoms. The van der Waals surface area contributed by atoms with Gasteiger partial charge in [-0.15, -0.1) is 6.42 Å². The molecule has 0 aliphatic heterocycles. The van der Waals surface area contributed by atoms with Gasteiger partial charge in [-0.3, -0.25) is 0 Å². The van der Waals surface area contributed by atoms with E-state index in [2.05, 4.69) is 17.8 Å². The van der Waals surface area contributed by atoms with Crippen molar-refractivity contribution in [2.45, 2.75) is 6.42 Å². The minimum Gasteiger partial charge on any atom is -0.395 e. The fourth-order valence-corrected chi connectivity index (χ4v) is 0.907. The van der Waals surface area contributed by atoms with Gasteiger partial charge in [0.15, 0.2) is 0 Å². The van der Waals surface area contributed by atoms with Crippen LogP contribution in [-0.2, 0) is 0 Å². The number of benzene rings is 1. The van der Waals surface area contributed by atoms with Gasteiger partial charge in [-0.05, 0) is 18.2 Å². The third kappa shape index (κ3) is 3.03. The smallest absolute Gasteiger partial charge is 0.0540 e. The zero-order chi connectivity index (χ0) is 9.52. The Balaban J connectivity index is 2.81. The molecule has 0 amide bonds. The van der Waals surface area contributed by atoms with Crippen molar-refractivity contribution in [1.29, 1.82) is 0 Å². The largest absolute Gasteiger partial charge is 0.395 e. The van der Waals surface area contributed by atoms with Crippen LogP contribution in [0, 0.1) is 24.2 Å². The van der Waals surface area contributed by atoms with Crippen LogP contribution in [-0.4, -0.2) is 11.7 Å². The fraction of sp³-hybridized carbons (Fsp3) is 0.167. The molecule has 0 aliphatic carbocycles. The van der Waals surface area contributed by atoms with Crippen molar-refractivity contribution in [2.75, 3.05) is 6.61 Å². The Bertz CT molecular complexity index is 374. The first kappa shape index (κ1) is 9.39. The second kappa shape index (κ2) is 5.04. The molecule has 0 fully saturated rings. The van der Waals surface area contributed by atoms with Crippen LogP contribution in [0.5, 0.6) is 0 Å². The maximum absolute atomic E-state index is 8.51. The van der Waals surface area contributed by atoms with E-state index in [1.54, 1.807) is 0 Å². The Morgan fingerprint density at radius 1 is 1.31 bits per heavy atom. The number of terminal acetylenes is 1. The van der Waals surface area contributed by atoms with E-state index in [1.165, 1.54) is 0 Å². The highest BCUT2D eigenvalue weighted by molar-refractivity contribution is 5.42. The first-order chi connectivity index (χ1) is 6.36. The molecule has 0 aromatic heterocycles. The molecule has 1 N–H and O–H groups in total. The molecule has 0 unspecified atom stereocenters. The van der Waals surface area contributed by atoms with Gasteiger partial charge in [-0.2, -0.15) is 0 Å². The maximum Gasteiger partial charge on any atom is 0.0540 e. The van der Waals surface area contributed by atoms with Gasteiger partial charge < -0.3 is 5.11 Å². The van der Waals surface area contributed by atoms with Gasteiger partial charge in [0, 0.05) is 17.5 Å². The summed E-state index contributed by atoms with van der Waals surface area (Å²) in [5, 5.41) is 8.51. The van der Waals surface area contributed by atoms with Crippen LogP contribution in [0.25, 0.3) is 0 Å². The number of aliphatic hydroxyl groups excluding tert-OH is 1. The average Bonchev–Trinajstić information content (AvgIpc) is 2.19. The molecule has 1 aromatic carbocycles. The molecule has 0 spiro atoms. The molecule has 0 heterocycles. The predicted octanol–water partition coefficient (Wildman–Crippen LogP) is 1.40. The van der Waals surface area contributed by atoms with Crippen LogP contribution >= 0.6 is 0 Å². The maximum atomic E-state index is 8.51. The van der Waals surface area contributed by atoms with Crippen LogP contribution in [0.15, 0.2) is 24.3 Å². The Hall–Kier alpha value is -1.70. The zero-order valence-corrected chi connectivity index (χ0v) is 7.25. The van der Waals surface area contributed by atoms with Crippen molar-refractivity contribution in [2.24, 2.45) is 0 Å². The Labute approximate surface area is 78.4 Å². The summed E-state index contributed by atoms with van der Waals surface area (Å²) in [4.78, 5) is 0. The van der Waals surface area contributed by atoms with Gasteiger partial charge in [-0.1, -0.05) is 23.8 Å². The van der Waals surface area contributed by atoms with E-state index in [-0.39, 0.29) is 6.61 Å². The van der Waals surface area contributed by atoms with Crippen LogP contribution in [0.3, 0.4) is 0 Å². The molecule has 1 nitrogen and oxygen atoms in total. The highest BCUT2D eigenvalue weighted by Gasteiger charge is 1.87. The molecule has 0 saturated heterocycles. The molecule has 0 saturated carbocycles. The Kier molecular flexibility index (Phi) is 3.64. The molecular weight excluding hydrogens is 160 g/mol. The van der Waals surface area contributed by atoms with Crippen LogP contribution in [0.2, 0.25) is 0 Å². The molecule has 0 atom stereocenters. The number of aliphatic hydroxyl groups is 1. The minimum absolute atomic E-state index is 0.0990. The average molecular weight is 170 g/mol. The number of hydrogen-bond donors (Lipinski definition) is 1. The van der Waals surface area contributed by atoms with E-state index in [4.69, 9.17) is 11.5 Å². The lowest BCUT2D eigenvalue weighted by atomic mass is 10.1. The van der Waals surface area contributed by atoms with E-state index in [1.807, 2.05) is 24.3 Å². The molecular formula is C12H10O.